The largest absolute Gasteiger partial charge is 0.359 e. The first-order valence-electron chi connectivity index (χ1n) is 10.6. The molecule has 3 rings (SSSR count). The number of urea groups is 1. The molecule has 0 atom stereocenters. The summed E-state index contributed by atoms with van der Waals surface area (Å²) in [4.78, 5) is 22.9. The van der Waals surface area contributed by atoms with Crippen molar-refractivity contribution in [2.75, 3.05) is 43.1 Å². The van der Waals surface area contributed by atoms with Crippen molar-refractivity contribution in [2.24, 2.45) is 0 Å². The first-order chi connectivity index (χ1) is 15.7. The van der Waals surface area contributed by atoms with Crippen LogP contribution in [0.2, 0.25) is 0 Å². The van der Waals surface area contributed by atoms with Crippen LogP contribution in [0.1, 0.15) is 37.7 Å². The fourth-order valence-electron chi connectivity index (χ4n) is 2.66. The van der Waals surface area contributed by atoms with Crippen LogP contribution in [0.25, 0.3) is 0 Å². The molecule has 9 heteroatoms. The maximum absolute atomic E-state index is 12.3. The molecular formula is C24H29N7O2. The molecule has 0 saturated heterocycles. The molecule has 0 aliphatic carbocycles. The fourth-order valence-corrected chi connectivity index (χ4v) is 2.66. The number of carbonyl (C=O) groups excluding carboxylic acids is 1. The zero-order chi connectivity index (χ0) is 23.8. The van der Waals surface area contributed by atoms with Crippen LogP contribution < -0.4 is 16.0 Å². The van der Waals surface area contributed by atoms with Gasteiger partial charge >= 0.3 is 6.03 Å². The third kappa shape index (κ3) is 7.63. The molecule has 0 bridgehead atoms. The number of amides is 2. The summed E-state index contributed by atoms with van der Waals surface area (Å²) in [5, 5.41) is 12.5. The van der Waals surface area contributed by atoms with Gasteiger partial charge in [0.1, 0.15) is 5.76 Å². The molecule has 0 radical (unpaired) electrons. The van der Waals surface area contributed by atoms with Crippen LogP contribution in [0.15, 0.2) is 47.2 Å². The highest BCUT2D eigenvalue weighted by Gasteiger charge is 2.20. The topological polar surface area (TPSA) is 108 Å². The molecule has 2 heterocycles. The Morgan fingerprint density at radius 3 is 2.45 bits per heavy atom. The molecule has 172 valence electrons. The Labute approximate surface area is 194 Å². The number of hydrogen-bond donors (Lipinski definition) is 3. The molecule has 0 fully saturated rings. The number of aromatic nitrogens is 3. The van der Waals surface area contributed by atoms with Crippen molar-refractivity contribution in [2.45, 2.75) is 26.2 Å². The lowest BCUT2D eigenvalue weighted by Crippen LogP contribution is -2.21. The van der Waals surface area contributed by atoms with E-state index in [1.54, 1.807) is 30.6 Å². The van der Waals surface area contributed by atoms with Gasteiger partial charge in [-0.25, -0.2) is 14.8 Å². The molecule has 3 aromatic rings. The summed E-state index contributed by atoms with van der Waals surface area (Å²) in [6.07, 6.45) is 3.36. The van der Waals surface area contributed by atoms with Gasteiger partial charge in [0.25, 0.3) is 0 Å². The van der Waals surface area contributed by atoms with Crippen LogP contribution in [0, 0.1) is 11.8 Å². The van der Waals surface area contributed by atoms with E-state index in [0.29, 0.717) is 28.8 Å². The van der Waals surface area contributed by atoms with Crippen LogP contribution in [0.3, 0.4) is 0 Å². The first-order valence-corrected chi connectivity index (χ1v) is 10.6. The number of benzene rings is 1. The highest BCUT2D eigenvalue weighted by Crippen LogP contribution is 2.24. The quantitative estimate of drug-likeness (QED) is 0.494. The van der Waals surface area contributed by atoms with Gasteiger partial charge < -0.3 is 20.1 Å². The van der Waals surface area contributed by atoms with E-state index in [0.717, 1.165) is 18.7 Å². The predicted molar refractivity (Wildman–Crippen MR) is 129 cm³/mol. The van der Waals surface area contributed by atoms with Crippen LogP contribution in [-0.4, -0.2) is 53.2 Å². The third-order valence-electron chi connectivity index (χ3n) is 4.46. The molecule has 0 spiro atoms. The summed E-state index contributed by atoms with van der Waals surface area (Å²) >= 11 is 0. The number of carbonyl (C=O) groups is 1. The van der Waals surface area contributed by atoms with Crippen molar-refractivity contribution < 1.29 is 9.32 Å². The Bertz CT molecular complexity index is 1140. The first kappa shape index (κ1) is 23.8. The smallest absolute Gasteiger partial charge is 0.324 e. The lowest BCUT2D eigenvalue weighted by molar-refractivity contribution is 0.262. The van der Waals surface area contributed by atoms with Gasteiger partial charge in [-0.15, -0.1) is 0 Å². The average molecular weight is 448 g/mol. The molecule has 0 saturated carbocycles. The standard InChI is InChI=1S/C24H29N7O2/c1-24(2,3)20-14-21(30-33-20)29-23(32)28-19-8-6-7-17(13-19)9-10-18-15-26-22(27-16-18)25-11-12-31(4)5/h6-8,13-16H,11-12H2,1-5H3,(H,25,26,27)(H2,28,29,30,32). The van der Waals surface area contributed by atoms with E-state index >= 15 is 0 Å². The maximum atomic E-state index is 12.3. The number of anilines is 3. The molecular weight excluding hydrogens is 418 g/mol. The summed E-state index contributed by atoms with van der Waals surface area (Å²) in [6.45, 7) is 7.68. The Morgan fingerprint density at radius 1 is 1.06 bits per heavy atom. The van der Waals surface area contributed by atoms with E-state index in [1.165, 1.54) is 0 Å². The van der Waals surface area contributed by atoms with E-state index in [1.807, 2.05) is 47.0 Å². The molecule has 0 unspecified atom stereocenters. The molecule has 1 aromatic carbocycles. The second-order valence-corrected chi connectivity index (χ2v) is 8.76. The minimum atomic E-state index is -0.417. The van der Waals surface area contributed by atoms with Gasteiger partial charge in [-0.1, -0.05) is 43.8 Å². The van der Waals surface area contributed by atoms with Gasteiger partial charge in [0.2, 0.25) is 5.95 Å². The van der Waals surface area contributed by atoms with Crippen LogP contribution >= 0.6 is 0 Å². The Morgan fingerprint density at radius 2 is 1.79 bits per heavy atom. The minimum absolute atomic E-state index is 0.190. The number of nitrogens with one attached hydrogen (secondary N) is 3. The van der Waals surface area contributed by atoms with Crippen molar-refractivity contribution in [3.63, 3.8) is 0 Å². The average Bonchev–Trinajstić information content (AvgIpc) is 3.22. The number of hydrogen-bond acceptors (Lipinski definition) is 7. The van der Waals surface area contributed by atoms with Gasteiger partial charge in [0.05, 0.1) is 5.56 Å². The van der Waals surface area contributed by atoms with Gasteiger partial charge in [-0.05, 0) is 32.3 Å². The molecule has 3 N–H and O–H groups in total. The highest BCUT2D eigenvalue weighted by molar-refractivity contribution is 5.99. The molecule has 9 nitrogen and oxygen atoms in total. The van der Waals surface area contributed by atoms with Crippen molar-refractivity contribution in [1.82, 2.24) is 20.0 Å². The number of nitrogens with zero attached hydrogens (tertiary/aromatic N) is 4. The van der Waals surface area contributed by atoms with Crippen molar-refractivity contribution >= 4 is 23.5 Å². The molecule has 0 aliphatic rings. The monoisotopic (exact) mass is 447 g/mol. The molecule has 33 heavy (non-hydrogen) atoms. The number of rotatable bonds is 6. The van der Waals surface area contributed by atoms with E-state index in [-0.39, 0.29) is 5.41 Å². The second kappa shape index (κ2) is 10.6. The predicted octanol–water partition coefficient (Wildman–Crippen LogP) is 3.78. The van der Waals surface area contributed by atoms with Crippen LogP contribution in [-0.2, 0) is 5.41 Å². The van der Waals surface area contributed by atoms with Crippen LogP contribution in [0.4, 0.5) is 22.2 Å². The maximum Gasteiger partial charge on any atom is 0.324 e. The van der Waals surface area contributed by atoms with Gasteiger partial charge in [0, 0.05) is 48.2 Å². The molecule has 2 aromatic heterocycles. The summed E-state index contributed by atoms with van der Waals surface area (Å²) in [6, 6.07) is 8.55. The zero-order valence-corrected chi connectivity index (χ0v) is 19.6. The zero-order valence-electron chi connectivity index (χ0n) is 19.6. The Kier molecular flexibility index (Phi) is 7.64. The highest BCUT2D eigenvalue weighted by atomic mass is 16.5. The lowest BCUT2D eigenvalue weighted by Gasteiger charge is -2.12. The molecule has 0 aliphatic heterocycles. The Hall–Kier alpha value is -3.90. The SMILES string of the molecule is CN(C)CCNc1ncc(C#Cc2cccc(NC(=O)Nc3cc(C(C)(C)C)on3)c2)cn1. The fraction of sp³-hybridized carbons (Fsp3) is 0.333. The summed E-state index contributed by atoms with van der Waals surface area (Å²) in [5.41, 5.74) is 1.86. The summed E-state index contributed by atoms with van der Waals surface area (Å²) in [5.74, 6) is 7.72. The van der Waals surface area contributed by atoms with Crippen molar-refractivity contribution in [3.05, 3.63) is 59.6 Å². The minimum Gasteiger partial charge on any atom is -0.359 e. The van der Waals surface area contributed by atoms with Gasteiger partial charge in [-0.3, -0.25) is 5.32 Å². The van der Waals surface area contributed by atoms with E-state index in [2.05, 4.69) is 47.8 Å². The van der Waals surface area contributed by atoms with E-state index in [4.69, 9.17) is 4.52 Å². The van der Waals surface area contributed by atoms with Crippen molar-refractivity contribution in [1.29, 1.82) is 0 Å². The van der Waals surface area contributed by atoms with Gasteiger partial charge in [-0.2, -0.15) is 0 Å². The summed E-state index contributed by atoms with van der Waals surface area (Å²) in [7, 11) is 4.02. The third-order valence-corrected chi connectivity index (χ3v) is 4.46. The van der Waals surface area contributed by atoms with E-state index < -0.39 is 6.03 Å². The second-order valence-electron chi connectivity index (χ2n) is 8.76. The van der Waals surface area contributed by atoms with Crippen LogP contribution in [0.5, 0.6) is 0 Å². The van der Waals surface area contributed by atoms with Gasteiger partial charge in [0.15, 0.2) is 5.82 Å². The lowest BCUT2D eigenvalue weighted by atomic mass is 9.93. The summed E-state index contributed by atoms with van der Waals surface area (Å²) < 4.78 is 5.28. The Balaban J connectivity index is 1.57. The normalized spacial score (nSPS) is 11.0. The van der Waals surface area contributed by atoms with E-state index in [9.17, 15) is 4.79 Å². The number of likely N-dealkylation sites (N-methyl/N-ethyl adjacent to an activating group) is 1. The molecule has 2 amide bonds. The van der Waals surface area contributed by atoms with Crippen molar-refractivity contribution in [3.8, 4) is 11.8 Å².